The van der Waals surface area contributed by atoms with Gasteiger partial charge in [0.15, 0.2) is 0 Å². The molecule has 1 aromatic heterocycles. The lowest BCUT2D eigenvalue weighted by Crippen LogP contribution is -2.45. The van der Waals surface area contributed by atoms with Crippen molar-refractivity contribution in [1.82, 2.24) is 14.4 Å². The number of hydrogen-bond donors (Lipinski definition) is 0. The van der Waals surface area contributed by atoms with Gasteiger partial charge in [0.1, 0.15) is 5.38 Å². The molecule has 0 fully saturated rings. The van der Waals surface area contributed by atoms with Gasteiger partial charge in [0.2, 0.25) is 11.8 Å². The second kappa shape index (κ2) is 12.8. The average Bonchev–Trinajstić information content (AvgIpc) is 3.04. The highest BCUT2D eigenvalue weighted by molar-refractivity contribution is 6.30. The number of aryl methyl sites for hydroxylation is 1. The maximum absolute atomic E-state index is 13.0. The highest BCUT2D eigenvalue weighted by Gasteiger charge is 2.24. The molecular weight excluding hydrogens is 366 g/mol. The molecule has 1 atom stereocenters. The van der Waals surface area contributed by atoms with E-state index in [4.69, 9.17) is 16.3 Å². The summed E-state index contributed by atoms with van der Waals surface area (Å²) in [7, 11) is 1.97. The molecule has 0 aromatic carbocycles. The molecule has 27 heavy (non-hydrogen) atoms. The number of unbranched alkanes of at least 4 members (excludes halogenated alkanes) is 1. The van der Waals surface area contributed by atoms with Gasteiger partial charge in [-0.15, -0.1) is 11.6 Å². The fourth-order valence-corrected chi connectivity index (χ4v) is 2.92. The number of hydrogen-bond acceptors (Lipinski definition) is 3. The van der Waals surface area contributed by atoms with Crippen molar-refractivity contribution in [3.63, 3.8) is 0 Å². The molecule has 1 heterocycles. The number of nitrogens with zero attached hydrogens (tertiary/aromatic N) is 3. The number of carbonyl (C=O) groups is 2. The maximum Gasteiger partial charge on any atom is 0.242 e. The Bertz CT molecular complexity index is 575. The number of carbonyl (C=O) groups excluding carboxylic acids is 2. The van der Waals surface area contributed by atoms with E-state index in [1.54, 1.807) is 11.8 Å². The highest BCUT2D eigenvalue weighted by Crippen LogP contribution is 2.10. The molecule has 0 aliphatic heterocycles. The van der Waals surface area contributed by atoms with E-state index in [0.717, 1.165) is 18.5 Å². The molecule has 154 valence electrons. The molecule has 2 amide bonds. The van der Waals surface area contributed by atoms with Crippen molar-refractivity contribution in [1.29, 1.82) is 0 Å². The van der Waals surface area contributed by atoms with E-state index in [2.05, 4.69) is 6.92 Å². The van der Waals surface area contributed by atoms with Gasteiger partial charge in [0.25, 0.3) is 0 Å². The van der Waals surface area contributed by atoms with Crippen LogP contribution >= 0.6 is 11.6 Å². The summed E-state index contributed by atoms with van der Waals surface area (Å²) in [5, 5.41) is -0.651. The van der Waals surface area contributed by atoms with Crippen molar-refractivity contribution in [3.8, 4) is 0 Å². The van der Waals surface area contributed by atoms with Crippen LogP contribution in [0, 0.1) is 0 Å². The molecule has 0 spiro atoms. The summed E-state index contributed by atoms with van der Waals surface area (Å²) in [6.07, 6.45) is 4.59. The van der Waals surface area contributed by atoms with Gasteiger partial charge in [0, 0.05) is 45.2 Å². The van der Waals surface area contributed by atoms with Gasteiger partial charge in [-0.05, 0) is 38.8 Å². The van der Waals surface area contributed by atoms with Crippen LogP contribution in [-0.2, 0) is 27.9 Å². The van der Waals surface area contributed by atoms with Crippen LogP contribution < -0.4 is 0 Å². The first kappa shape index (κ1) is 23.5. The van der Waals surface area contributed by atoms with Crippen molar-refractivity contribution in [2.24, 2.45) is 7.05 Å². The van der Waals surface area contributed by atoms with E-state index in [-0.39, 0.29) is 18.4 Å². The minimum absolute atomic E-state index is 0.0493. The zero-order chi connectivity index (χ0) is 20.2. The standard InChI is InChI=1S/C20H34ClN3O3/c1-5-7-12-23(15-18-10-8-11-22(18)4)19(25)16-24(20(26)17(3)21)13-9-14-27-6-2/h8,10-11,17H,5-7,9,12-16H2,1-4H3. The van der Waals surface area contributed by atoms with Gasteiger partial charge in [-0.25, -0.2) is 0 Å². The molecule has 0 radical (unpaired) electrons. The third kappa shape index (κ3) is 8.35. The molecule has 0 saturated heterocycles. The van der Waals surface area contributed by atoms with Gasteiger partial charge in [-0.1, -0.05) is 13.3 Å². The Balaban J connectivity index is 2.78. The second-order valence-electron chi connectivity index (χ2n) is 6.71. The van der Waals surface area contributed by atoms with Crippen LogP contribution in [0.25, 0.3) is 0 Å². The number of halogens is 1. The van der Waals surface area contributed by atoms with E-state index in [1.165, 1.54) is 0 Å². The number of amides is 2. The first-order chi connectivity index (χ1) is 12.9. The number of rotatable bonds is 13. The van der Waals surface area contributed by atoms with E-state index in [0.29, 0.717) is 39.3 Å². The van der Waals surface area contributed by atoms with Crippen molar-refractivity contribution < 1.29 is 14.3 Å². The summed E-state index contributed by atoms with van der Waals surface area (Å²) >= 11 is 5.99. The summed E-state index contributed by atoms with van der Waals surface area (Å²) < 4.78 is 7.36. The van der Waals surface area contributed by atoms with E-state index >= 15 is 0 Å². The SMILES string of the molecule is CCCCN(Cc1cccn1C)C(=O)CN(CCCOCC)C(=O)C(C)Cl. The quantitative estimate of drug-likeness (QED) is 0.378. The maximum atomic E-state index is 13.0. The van der Waals surface area contributed by atoms with Crippen molar-refractivity contribution in [2.45, 2.75) is 52.0 Å². The average molecular weight is 400 g/mol. The predicted molar refractivity (Wildman–Crippen MR) is 109 cm³/mol. The molecule has 0 saturated carbocycles. The lowest BCUT2D eigenvalue weighted by Gasteiger charge is -2.28. The largest absolute Gasteiger partial charge is 0.382 e. The first-order valence-corrected chi connectivity index (χ1v) is 10.2. The van der Waals surface area contributed by atoms with Gasteiger partial charge in [0.05, 0.1) is 13.1 Å². The van der Waals surface area contributed by atoms with Crippen LogP contribution in [0.2, 0.25) is 0 Å². The zero-order valence-electron chi connectivity index (χ0n) is 17.1. The Morgan fingerprint density at radius 3 is 2.48 bits per heavy atom. The molecule has 0 aliphatic carbocycles. The van der Waals surface area contributed by atoms with Crippen LogP contribution in [0.5, 0.6) is 0 Å². The molecule has 1 rings (SSSR count). The summed E-state index contributed by atoms with van der Waals surface area (Å²) in [4.78, 5) is 28.8. The van der Waals surface area contributed by atoms with Crippen molar-refractivity contribution in [3.05, 3.63) is 24.0 Å². The molecule has 1 aromatic rings. The third-order valence-electron chi connectivity index (χ3n) is 4.44. The Hall–Kier alpha value is -1.53. The summed E-state index contributed by atoms with van der Waals surface area (Å²) in [6, 6.07) is 3.98. The molecule has 0 bridgehead atoms. The van der Waals surface area contributed by atoms with Crippen LogP contribution in [0.4, 0.5) is 0 Å². The molecule has 1 unspecified atom stereocenters. The normalized spacial score (nSPS) is 12.0. The number of ether oxygens (including phenoxy) is 1. The highest BCUT2D eigenvalue weighted by atomic mass is 35.5. The molecule has 6 nitrogen and oxygen atoms in total. The summed E-state index contributed by atoms with van der Waals surface area (Å²) in [5.74, 6) is -0.262. The number of alkyl halides is 1. The van der Waals surface area contributed by atoms with E-state index in [1.807, 2.05) is 41.8 Å². The Morgan fingerprint density at radius 2 is 1.93 bits per heavy atom. The van der Waals surface area contributed by atoms with Crippen LogP contribution in [0.15, 0.2) is 18.3 Å². The first-order valence-electron chi connectivity index (χ1n) is 9.79. The zero-order valence-corrected chi connectivity index (χ0v) is 17.9. The molecule has 0 N–H and O–H groups in total. The van der Waals surface area contributed by atoms with Crippen molar-refractivity contribution >= 4 is 23.4 Å². The molecule has 7 heteroatoms. The summed E-state index contributed by atoms with van der Waals surface area (Å²) in [6.45, 7) is 8.62. The lowest BCUT2D eigenvalue weighted by molar-refractivity contribution is -0.140. The van der Waals surface area contributed by atoms with Gasteiger partial charge < -0.3 is 19.1 Å². The van der Waals surface area contributed by atoms with Crippen LogP contribution in [0.1, 0.15) is 45.7 Å². The molecule has 0 aliphatic rings. The monoisotopic (exact) mass is 399 g/mol. The third-order valence-corrected chi connectivity index (χ3v) is 4.62. The van der Waals surface area contributed by atoms with Crippen molar-refractivity contribution in [2.75, 3.05) is 32.8 Å². The molecular formula is C20H34ClN3O3. The second-order valence-corrected chi connectivity index (χ2v) is 7.36. The predicted octanol–water partition coefficient (Wildman–Crippen LogP) is 3.04. The van der Waals surface area contributed by atoms with Crippen LogP contribution in [0.3, 0.4) is 0 Å². The lowest BCUT2D eigenvalue weighted by atomic mass is 10.2. The van der Waals surface area contributed by atoms with Gasteiger partial charge >= 0.3 is 0 Å². The van der Waals surface area contributed by atoms with E-state index < -0.39 is 5.38 Å². The Morgan fingerprint density at radius 1 is 1.22 bits per heavy atom. The summed E-state index contributed by atoms with van der Waals surface area (Å²) in [5.41, 5.74) is 1.07. The van der Waals surface area contributed by atoms with Gasteiger partial charge in [-0.3, -0.25) is 9.59 Å². The van der Waals surface area contributed by atoms with Gasteiger partial charge in [-0.2, -0.15) is 0 Å². The minimum Gasteiger partial charge on any atom is -0.382 e. The number of aromatic nitrogens is 1. The Labute approximate surface area is 168 Å². The van der Waals surface area contributed by atoms with E-state index in [9.17, 15) is 9.59 Å². The fraction of sp³-hybridized carbons (Fsp3) is 0.700. The topological polar surface area (TPSA) is 54.8 Å². The minimum atomic E-state index is -0.651. The smallest absolute Gasteiger partial charge is 0.242 e. The van der Waals surface area contributed by atoms with Crippen LogP contribution in [-0.4, -0.2) is 64.4 Å². The fourth-order valence-electron chi connectivity index (χ4n) is 2.78. The Kier molecular flexibility index (Phi) is 11.1.